The number of halogens is 1. The lowest BCUT2D eigenvalue weighted by Gasteiger charge is -2.09. The lowest BCUT2D eigenvalue weighted by atomic mass is 10.2. The number of hydrogen-bond acceptors (Lipinski definition) is 2. The Morgan fingerprint density at radius 3 is 2.82 bits per heavy atom. The molecular weight excluding hydrogens is 299 g/mol. The Morgan fingerprint density at radius 2 is 2.14 bits per heavy atom. The first-order valence-electron chi connectivity index (χ1n) is 7.04. The molecule has 2 aromatic rings. The van der Waals surface area contributed by atoms with Gasteiger partial charge in [0.05, 0.1) is 6.21 Å². The first-order valence-corrected chi connectivity index (χ1v) is 7.45. The van der Waals surface area contributed by atoms with E-state index in [1.54, 1.807) is 12.3 Å². The molecule has 0 bridgehead atoms. The van der Waals surface area contributed by atoms with Crippen LogP contribution in [0.3, 0.4) is 0 Å². The second-order valence-electron chi connectivity index (χ2n) is 4.87. The van der Waals surface area contributed by atoms with Crippen LogP contribution >= 0.6 is 12.2 Å². The molecule has 4 nitrogen and oxygen atoms in total. The molecule has 0 saturated heterocycles. The normalized spacial score (nSPS) is 10.9. The van der Waals surface area contributed by atoms with Gasteiger partial charge in [-0.15, -0.1) is 0 Å². The van der Waals surface area contributed by atoms with Gasteiger partial charge in [-0.05, 0) is 57.3 Å². The van der Waals surface area contributed by atoms with Crippen LogP contribution < -0.4 is 10.7 Å². The summed E-state index contributed by atoms with van der Waals surface area (Å²) in [6.07, 6.45) is 1.71. The number of hydrazone groups is 1. The van der Waals surface area contributed by atoms with Crippen molar-refractivity contribution in [3.05, 3.63) is 53.1 Å². The number of hydrogen-bond donors (Lipinski definition) is 2. The zero-order chi connectivity index (χ0) is 16.1. The number of aromatic nitrogens is 1. The summed E-state index contributed by atoms with van der Waals surface area (Å²) in [4.78, 5) is 0. The molecular formula is C16H19FN4S. The van der Waals surface area contributed by atoms with Crippen LogP contribution in [-0.4, -0.2) is 22.4 Å². The maximum absolute atomic E-state index is 13.4. The molecule has 0 unspecified atom stereocenters. The minimum Gasteiger partial charge on any atom is -0.362 e. The van der Waals surface area contributed by atoms with Gasteiger partial charge in [-0.1, -0.05) is 6.07 Å². The number of aryl methyl sites for hydroxylation is 1. The maximum Gasteiger partial charge on any atom is 0.186 e. The van der Waals surface area contributed by atoms with Crippen LogP contribution in [0.1, 0.15) is 23.9 Å². The third kappa shape index (κ3) is 3.71. The molecule has 0 aliphatic heterocycles. The minimum atomic E-state index is -0.252. The van der Waals surface area contributed by atoms with Gasteiger partial charge >= 0.3 is 0 Å². The van der Waals surface area contributed by atoms with Gasteiger partial charge < -0.3 is 9.88 Å². The Hall–Kier alpha value is -2.21. The monoisotopic (exact) mass is 318 g/mol. The molecule has 0 fully saturated rings. The smallest absolute Gasteiger partial charge is 0.186 e. The Labute approximate surface area is 135 Å². The number of benzene rings is 1. The van der Waals surface area contributed by atoms with Gasteiger partial charge in [0, 0.05) is 29.2 Å². The van der Waals surface area contributed by atoms with E-state index in [-0.39, 0.29) is 5.82 Å². The predicted molar refractivity (Wildman–Crippen MR) is 92.2 cm³/mol. The van der Waals surface area contributed by atoms with E-state index < -0.39 is 0 Å². The van der Waals surface area contributed by atoms with Gasteiger partial charge in [0.1, 0.15) is 5.82 Å². The highest BCUT2D eigenvalue weighted by atomic mass is 32.1. The van der Waals surface area contributed by atoms with Gasteiger partial charge in [-0.3, -0.25) is 5.43 Å². The van der Waals surface area contributed by atoms with Crippen molar-refractivity contribution in [1.82, 2.24) is 15.3 Å². The highest BCUT2D eigenvalue weighted by Gasteiger charge is 2.09. The van der Waals surface area contributed by atoms with Crippen LogP contribution in [0.4, 0.5) is 4.39 Å². The largest absolute Gasteiger partial charge is 0.362 e. The highest BCUT2D eigenvalue weighted by molar-refractivity contribution is 7.80. The zero-order valence-electron chi connectivity index (χ0n) is 12.9. The minimum absolute atomic E-state index is 0.252. The second kappa shape index (κ2) is 7.17. The molecule has 0 atom stereocenters. The average molecular weight is 318 g/mol. The summed E-state index contributed by atoms with van der Waals surface area (Å²) in [5, 5.41) is 7.56. The highest BCUT2D eigenvalue weighted by Crippen LogP contribution is 2.20. The van der Waals surface area contributed by atoms with E-state index >= 15 is 0 Å². The fourth-order valence-electron chi connectivity index (χ4n) is 2.29. The quantitative estimate of drug-likeness (QED) is 0.517. The first kappa shape index (κ1) is 16.2. The standard InChI is InChI=1S/C16H19FN4S/c1-4-18-16(22)20-19-10-13-8-11(2)21(12(13)3)15-7-5-6-14(17)9-15/h5-10H,4H2,1-3H3,(H2,18,20,22)/b19-10-. The van der Waals surface area contributed by atoms with Gasteiger partial charge in [0.15, 0.2) is 5.11 Å². The van der Waals surface area contributed by atoms with Crippen LogP contribution in [0.5, 0.6) is 0 Å². The Kier molecular flexibility index (Phi) is 5.27. The molecule has 0 spiro atoms. The van der Waals surface area contributed by atoms with E-state index in [1.165, 1.54) is 12.1 Å². The molecule has 2 rings (SSSR count). The fraction of sp³-hybridized carbons (Fsp3) is 0.250. The summed E-state index contributed by atoms with van der Waals surface area (Å²) in [6.45, 7) is 6.66. The molecule has 116 valence electrons. The molecule has 0 aliphatic rings. The summed E-state index contributed by atoms with van der Waals surface area (Å²) < 4.78 is 15.4. The summed E-state index contributed by atoms with van der Waals surface area (Å²) >= 11 is 5.04. The van der Waals surface area contributed by atoms with Gasteiger partial charge in [0.25, 0.3) is 0 Å². The van der Waals surface area contributed by atoms with Crippen molar-refractivity contribution in [3.8, 4) is 5.69 Å². The Bertz CT molecular complexity index is 706. The van der Waals surface area contributed by atoms with Crippen LogP contribution in [-0.2, 0) is 0 Å². The molecule has 0 radical (unpaired) electrons. The first-order chi connectivity index (χ1) is 10.5. The van der Waals surface area contributed by atoms with Crippen molar-refractivity contribution in [1.29, 1.82) is 0 Å². The second-order valence-corrected chi connectivity index (χ2v) is 5.28. The van der Waals surface area contributed by atoms with E-state index in [1.807, 2.05) is 37.5 Å². The number of rotatable bonds is 4. The molecule has 0 amide bonds. The molecule has 22 heavy (non-hydrogen) atoms. The summed E-state index contributed by atoms with van der Waals surface area (Å²) in [7, 11) is 0. The van der Waals surface area contributed by atoms with E-state index in [0.717, 1.165) is 29.2 Å². The van der Waals surface area contributed by atoms with Crippen LogP contribution in [0.15, 0.2) is 35.4 Å². The molecule has 0 saturated carbocycles. The van der Waals surface area contributed by atoms with Crippen molar-refractivity contribution >= 4 is 23.5 Å². The zero-order valence-corrected chi connectivity index (χ0v) is 13.7. The van der Waals surface area contributed by atoms with Crippen LogP contribution in [0.25, 0.3) is 5.69 Å². The van der Waals surface area contributed by atoms with Crippen LogP contribution in [0.2, 0.25) is 0 Å². The van der Waals surface area contributed by atoms with E-state index in [9.17, 15) is 4.39 Å². The number of nitrogens with zero attached hydrogens (tertiary/aromatic N) is 2. The maximum atomic E-state index is 13.4. The van der Waals surface area contributed by atoms with Crippen molar-refractivity contribution in [2.45, 2.75) is 20.8 Å². The van der Waals surface area contributed by atoms with Crippen molar-refractivity contribution in [2.24, 2.45) is 5.10 Å². The lowest BCUT2D eigenvalue weighted by Crippen LogP contribution is -2.31. The third-order valence-electron chi connectivity index (χ3n) is 3.24. The van der Waals surface area contributed by atoms with Gasteiger partial charge in [-0.25, -0.2) is 4.39 Å². The Balaban J connectivity index is 2.24. The molecule has 1 aromatic heterocycles. The molecule has 2 N–H and O–H groups in total. The van der Waals surface area contributed by atoms with E-state index in [4.69, 9.17) is 12.2 Å². The molecule has 0 aliphatic carbocycles. The summed E-state index contributed by atoms with van der Waals surface area (Å²) in [5.41, 5.74) is 6.51. The topological polar surface area (TPSA) is 41.4 Å². The lowest BCUT2D eigenvalue weighted by molar-refractivity contribution is 0.626. The molecule has 1 heterocycles. The predicted octanol–water partition coefficient (Wildman–Crippen LogP) is 3.05. The van der Waals surface area contributed by atoms with E-state index in [0.29, 0.717) is 5.11 Å². The number of nitrogens with one attached hydrogen (secondary N) is 2. The fourth-order valence-corrected chi connectivity index (χ4v) is 2.49. The average Bonchev–Trinajstić information content (AvgIpc) is 2.74. The molecule has 1 aromatic carbocycles. The number of thiocarbonyl (C=S) groups is 1. The van der Waals surface area contributed by atoms with Crippen molar-refractivity contribution in [2.75, 3.05) is 6.54 Å². The Morgan fingerprint density at radius 1 is 1.36 bits per heavy atom. The van der Waals surface area contributed by atoms with Gasteiger partial charge in [-0.2, -0.15) is 5.10 Å². The van der Waals surface area contributed by atoms with Crippen molar-refractivity contribution < 1.29 is 4.39 Å². The van der Waals surface area contributed by atoms with Crippen LogP contribution in [0, 0.1) is 19.7 Å². The molecule has 6 heteroatoms. The van der Waals surface area contributed by atoms with E-state index in [2.05, 4.69) is 15.8 Å². The van der Waals surface area contributed by atoms with Crippen molar-refractivity contribution in [3.63, 3.8) is 0 Å². The third-order valence-corrected chi connectivity index (χ3v) is 3.48. The SMILES string of the molecule is CCNC(=S)N/N=C\c1cc(C)n(-c2cccc(F)c2)c1C. The summed E-state index contributed by atoms with van der Waals surface area (Å²) in [6, 6.07) is 8.53. The summed E-state index contributed by atoms with van der Waals surface area (Å²) in [5.74, 6) is -0.252. The van der Waals surface area contributed by atoms with Gasteiger partial charge in [0.2, 0.25) is 0 Å².